The molecular formula is C14H22N6O2. The van der Waals surface area contributed by atoms with Crippen LogP contribution < -0.4 is 5.73 Å². The van der Waals surface area contributed by atoms with Gasteiger partial charge in [-0.2, -0.15) is 0 Å². The van der Waals surface area contributed by atoms with E-state index in [1.807, 2.05) is 0 Å². The van der Waals surface area contributed by atoms with Crippen LogP contribution in [0.3, 0.4) is 0 Å². The van der Waals surface area contributed by atoms with E-state index in [1.165, 1.54) is 0 Å². The third-order valence-corrected chi connectivity index (χ3v) is 3.41. The number of nitrogens with two attached hydrogens (primary N) is 1. The Morgan fingerprint density at radius 3 is 2.23 bits per heavy atom. The molecule has 0 aliphatic rings. The van der Waals surface area contributed by atoms with E-state index < -0.39 is 12.0 Å². The number of rotatable bonds is 10. The molecule has 0 bridgehead atoms. The quantitative estimate of drug-likeness (QED) is 0.479. The molecule has 2 aromatic heterocycles. The zero-order chi connectivity index (χ0) is 15.8. The number of unbranched alkanes of at least 4 members (excludes halogenated alkanes) is 1. The average Bonchev–Trinajstić information content (AvgIpc) is 3.16. The summed E-state index contributed by atoms with van der Waals surface area (Å²) in [6.07, 6.45) is 9.20. The van der Waals surface area contributed by atoms with Crippen molar-refractivity contribution >= 4 is 5.97 Å². The Morgan fingerprint density at radius 2 is 1.77 bits per heavy atom. The average molecular weight is 306 g/mol. The van der Waals surface area contributed by atoms with Crippen LogP contribution in [0.2, 0.25) is 0 Å². The molecule has 22 heavy (non-hydrogen) atoms. The Kier molecular flexibility index (Phi) is 6.11. The summed E-state index contributed by atoms with van der Waals surface area (Å²) in [5, 5.41) is 8.77. The highest BCUT2D eigenvalue weighted by Gasteiger charge is 2.13. The minimum atomic E-state index is -0.942. The predicted molar refractivity (Wildman–Crippen MR) is 80.8 cm³/mol. The highest BCUT2D eigenvalue weighted by Crippen LogP contribution is 2.08. The Bertz CT molecular complexity index is 503. The molecular weight excluding hydrogens is 284 g/mol. The third kappa shape index (κ3) is 5.30. The monoisotopic (exact) mass is 306 g/mol. The van der Waals surface area contributed by atoms with E-state index in [0.29, 0.717) is 19.5 Å². The number of nitrogens with one attached hydrogen (secondary N) is 2. The van der Waals surface area contributed by atoms with Gasteiger partial charge in [-0.25, -0.2) is 9.97 Å². The van der Waals surface area contributed by atoms with Crippen molar-refractivity contribution in [1.82, 2.24) is 24.8 Å². The van der Waals surface area contributed by atoms with Gasteiger partial charge >= 0.3 is 5.97 Å². The van der Waals surface area contributed by atoms with Gasteiger partial charge in [0.15, 0.2) is 0 Å². The lowest BCUT2D eigenvalue weighted by Crippen LogP contribution is -2.30. The van der Waals surface area contributed by atoms with Crippen LogP contribution in [-0.4, -0.2) is 48.5 Å². The van der Waals surface area contributed by atoms with Gasteiger partial charge in [0.05, 0.1) is 13.1 Å². The number of aliphatic carboxylic acids is 1. The molecule has 5 N–H and O–H groups in total. The second kappa shape index (κ2) is 8.30. The van der Waals surface area contributed by atoms with E-state index in [0.717, 1.165) is 31.0 Å². The molecule has 2 aromatic rings. The standard InChI is InChI=1S/C14H22N6O2/c15-11(14(21)22)3-1-2-8-20(9-12-16-4-5-17-12)10-13-18-6-7-19-13/h4-7,11H,1-3,8-10,15H2,(H,16,17)(H,18,19)(H,21,22). The smallest absolute Gasteiger partial charge is 0.320 e. The molecule has 8 nitrogen and oxygen atoms in total. The van der Waals surface area contributed by atoms with E-state index in [9.17, 15) is 4.79 Å². The summed E-state index contributed by atoms with van der Waals surface area (Å²) < 4.78 is 0. The first-order valence-electron chi connectivity index (χ1n) is 7.32. The van der Waals surface area contributed by atoms with Crippen molar-refractivity contribution < 1.29 is 9.90 Å². The number of H-pyrrole nitrogens is 2. The number of aromatic nitrogens is 4. The molecule has 0 amide bonds. The van der Waals surface area contributed by atoms with Gasteiger partial charge in [0.25, 0.3) is 0 Å². The van der Waals surface area contributed by atoms with Crippen LogP contribution in [0.4, 0.5) is 0 Å². The molecule has 0 spiro atoms. The number of hydrogen-bond donors (Lipinski definition) is 4. The van der Waals surface area contributed by atoms with Crippen molar-refractivity contribution in [2.24, 2.45) is 5.73 Å². The Labute approximate surface area is 128 Å². The van der Waals surface area contributed by atoms with Crippen molar-refractivity contribution in [3.8, 4) is 0 Å². The number of carboxylic acid groups (broad SMARTS) is 1. The van der Waals surface area contributed by atoms with Gasteiger partial charge in [-0.05, 0) is 19.4 Å². The van der Waals surface area contributed by atoms with Crippen molar-refractivity contribution in [2.45, 2.75) is 38.4 Å². The lowest BCUT2D eigenvalue weighted by atomic mass is 10.1. The molecule has 0 radical (unpaired) electrons. The lowest BCUT2D eigenvalue weighted by molar-refractivity contribution is -0.138. The van der Waals surface area contributed by atoms with E-state index in [-0.39, 0.29) is 0 Å². The molecule has 2 rings (SSSR count). The van der Waals surface area contributed by atoms with Gasteiger partial charge < -0.3 is 20.8 Å². The third-order valence-electron chi connectivity index (χ3n) is 3.41. The van der Waals surface area contributed by atoms with E-state index in [1.54, 1.807) is 24.8 Å². The fourth-order valence-corrected chi connectivity index (χ4v) is 2.23. The van der Waals surface area contributed by atoms with Crippen LogP contribution in [0, 0.1) is 0 Å². The van der Waals surface area contributed by atoms with Crippen molar-refractivity contribution in [3.05, 3.63) is 36.4 Å². The summed E-state index contributed by atoms with van der Waals surface area (Å²) in [5.74, 6) is 0.852. The van der Waals surface area contributed by atoms with E-state index >= 15 is 0 Å². The molecule has 1 unspecified atom stereocenters. The molecule has 0 aliphatic heterocycles. The summed E-state index contributed by atoms with van der Waals surface area (Å²) in [4.78, 5) is 27.6. The molecule has 2 heterocycles. The zero-order valence-electron chi connectivity index (χ0n) is 12.4. The molecule has 0 aliphatic carbocycles. The highest BCUT2D eigenvalue weighted by molar-refractivity contribution is 5.72. The Hall–Kier alpha value is -2.19. The number of aromatic amines is 2. The largest absolute Gasteiger partial charge is 0.480 e. The number of imidazole rings is 2. The fraction of sp³-hybridized carbons (Fsp3) is 0.500. The van der Waals surface area contributed by atoms with Crippen molar-refractivity contribution in [2.75, 3.05) is 6.54 Å². The van der Waals surface area contributed by atoms with Crippen LogP contribution in [0.1, 0.15) is 30.9 Å². The number of carbonyl (C=O) groups is 1. The number of hydrogen-bond acceptors (Lipinski definition) is 5. The summed E-state index contributed by atoms with van der Waals surface area (Å²) in [6, 6.07) is -0.774. The maximum Gasteiger partial charge on any atom is 0.320 e. The zero-order valence-corrected chi connectivity index (χ0v) is 12.4. The topological polar surface area (TPSA) is 124 Å². The Morgan fingerprint density at radius 1 is 1.18 bits per heavy atom. The summed E-state index contributed by atoms with van der Waals surface area (Å²) >= 11 is 0. The highest BCUT2D eigenvalue weighted by atomic mass is 16.4. The molecule has 8 heteroatoms. The van der Waals surface area contributed by atoms with Gasteiger partial charge in [0.2, 0.25) is 0 Å². The predicted octanol–water partition coefficient (Wildman–Crippen LogP) is 0.717. The van der Waals surface area contributed by atoms with E-state index in [2.05, 4.69) is 24.8 Å². The van der Waals surface area contributed by atoms with Gasteiger partial charge in [-0.1, -0.05) is 6.42 Å². The maximum absolute atomic E-state index is 10.7. The van der Waals surface area contributed by atoms with Gasteiger partial charge in [-0.3, -0.25) is 9.69 Å². The molecule has 0 saturated heterocycles. The summed E-state index contributed by atoms with van der Waals surface area (Å²) in [5.41, 5.74) is 5.51. The van der Waals surface area contributed by atoms with Gasteiger partial charge in [0.1, 0.15) is 17.7 Å². The van der Waals surface area contributed by atoms with Gasteiger partial charge in [-0.15, -0.1) is 0 Å². The second-order valence-electron chi connectivity index (χ2n) is 5.22. The molecule has 0 fully saturated rings. The summed E-state index contributed by atoms with van der Waals surface area (Å²) in [7, 11) is 0. The van der Waals surface area contributed by atoms with Crippen LogP contribution in [0.25, 0.3) is 0 Å². The Balaban J connectivity index is 1.80. The van der Waals surface area contributed by atoms with Crippen LogP contribution in [0.15, 0.2) is 24.8 Å². The molecule has 0 aromatic carbocycles. The fourth-order valence-electron chi connectivity index (χ4n) is 2.23. The maximum atomic E-state index is 10.7. The number of carboxylic acids is 1. The molecule has 0 saturated carbocycles. The summed E-state index contributed by atoms with van der Waals surface area (Å²) in [6.45, 7) is 2.21. The minimum Gasteiger partial charge on any atom is -0.480 e. The first-order valence-corrected chi connectivity index (χ1v) is 7.32. The number of nitrogens with zero attached hydrogens (tertiary/aromatic N) is 3. The van der Waals surface area contributed by atoms with Crippen LogP contribution in [0.5, 0.6) is 0 Å². The van der Waals surface area contributed by atoms with E-state index in [4.69, 9.17) is 10.8 Å². The van der Waals surface area contributed by atoms with Crippen molar-refractivity contribution in [3.63, 3.8) is 0 Å². The van der Waals surface area contributed by atoms with Crippen molar-refractivity contribution in [1.29, 1.82) is 0 Å². The van der Waals surface area contributed by atoms with Crippen LogP contribution >= 0.6 is 0 Å². The van der Waals surface area contributed by atoms with Crippen LogP contribution in [-0.2, 0) is 17.9 Å². The first kappa shape index (κ1) is 16.2. The molecule has 120 valence electrons. The SMILES string of the molecule is NC(CCCCN(Cc1ncc[nH]1)Cc1ncc[nH]1)C(=O)O. The minimum absolute atomic E-state index is 0.491. The second-order valence-corrected chi connectivity index (χ2v) is 5.22. The lowest BCUT2D eigenvalue weighted by Gasteiger charge is -2.20. The molecule has 1 atom stereocenters. The van der Waals surface area contributed by atoms with Gasteiger partial charge in [0, 0.05) is 24.8 Å². The normalized spacial score (nSPS) is 12.6. The first-order chi connectivity index (χ1) is 10.6.